The molecule has 0 unspecified atom stereocenters. The summed E-state index contributed by atoms with van der Waals surface area (Å²) in [6, 6.07) is 10.4. The van der Waals surface area contributed by atoms with E-state index in [4.69, 9.17) is 0 Å². The number of fused-ring (bicyclic) bond motifs is 2. The van der Waals surface area contributed by atoms with E-state index in [2.05, 4.69) is 0 Å². The third-order valence-electron chi connectivity index (χ3n) is 5.21. The molecule has 0 saturated heterocycles. The Morgan fingerprint density at radius 1 is 0.567 bits per heavy atom. The first-order chi connectivity index (χ1) is 14.3. The molecule has 0 aliphatic heterocycles. The fourth-order valence-electron chi connectivity index (χ4n) is 3.75. The van der Waals surface area contributed by atoms with Crippen molar-refractivity contribution in [3.63, 3.8) is 0 Å². The van der Waals surface area contributed by atoms with E-state index in [0.29, 0.717) is 0 Å². The summed E-state index contributed by atoms with van der Waals surface area (Å²) >= 11 is 2.97. The van der Waals surface area contributed by atoms with Gasteiger partial charge in [-0.3, -0.25) is 19.2 Å². The highest BCUT2D eigenvalue weighted by Crippen LogP contribution is 2.36. The van der Waals surface area contributed by atoms with E-state index >= 15 is 0 Å². The van der Waals surface area contributed by atoms with Crippen LogP contribution in [0.1, 0.15) is 60.9 Å². The second-order valence-electron chi connectivity index (χ2n) is 7.27. The van der Waals surface area contributed by atoms with Crippen LogP contribution in [0, 0.1) is 13.8 Å². The number of carbonyl (C=O) groups is 4. The van der Waals surface area contributed by atoms with Crippen LogP contribution >= 0.6 is 22.7 Å². The highest BCUT2D eigenvalue weighted by Gasteiger charge is 2.40. The summed E-state index contributed by atoms with van der Waals surface area (Å²) in [5.74, 6) is -1.63. The molecule has 2 aromatic heterocycles. The molecule has 2 aliphatic carbocycles. The third kappa shape index (κ3) is 2.80. The Bertz CT molecular complexity index is 1220. The highest BCUT2D eigenvalue weighted by molar-refractivity contribution is 7.13. The van der Waals surface area contributed by atoms with Crippen LogP contribution in [0.2, 0.25) is 0 Å². The van der Waals surface area contributed by atoms with Crippen molar-refractivity contribution >= 4 is 58.0 Å². The largest absolute Gasteiger partial charge is 0.288 e. The molecule has 2 aliphatic rings. The van der Waals surface area contributed by atoms with E-state index in [9.17, 15) is 19.2 Å². The van der Waals surface area contributed by atoms with Gasteiger partial charge in [0.15, 0.2) is 23.1 Å². The van der Waals surface area contributed by atoms with Gasteiger partial charge in [0.1, 0.15) is 0 Å². The fourth-order valence-corrected chi connectivity index (χ4v) is 5.39. The van der Waals surface area contributed by atoms with Gasteiger partial charge in [0, 0.05) is 41.8 Å². The Kier molecular flexibility index (Phi) is 4.17. The Hall–Kier alpha value is -3.22. The van der Waals surface area contributed by atoms with Crippen molar-refractivity contribution in [2.75, 3.05) is 0 Å². The molecule has 0 amide bonds. The normalized spacial score (nSPS) is 15.1. The Morgan fingerprint density at radius 3 is 1.17 bits per heavy atom. The van der Waals surface area contributed by atoms with Gasteiger partial charge in [-0.15, -0.1) is 22.7 Å². The number of Topliss-reactive ketones (excluding diaryl/α,β-unsaturated/α-hetero) is 4. The van der Waals surface area contributed by atoms with E-state index in [-0.39, 0.29) is 33.4 Å². The number of benzene rings is 1. The van der Waals surface area contributed by atoms with Crippen LogP contribution in [0.15, 0.2) is 47.5 Å². The zero-order valence-corrected chi connectivity index (χ0v) is 17.7. The molecule has 0 saturated carbocycles. The number of rotatable bonds is 2. The summed E-state index contributed by atoms with van der Waals surface area (Å²) in [4.78, 5) is 55.3. The van der Waals surface area contributed by atoms with Crippen LogP contribution in [0.3, 0.4) is 0 Å². The summed E-state index contributed by atoms with van der Waals surface area (Å²) in [6.07, 6.45) is 3.17. The summed E-state index contributed by atoms with van der Waals surface area (Å²) in [7, 11) is 0. The smallest absolute Gasteiger partial charge is 0.197 e. The molecule has 6 heteroatoms. The van der Waals surface area contributed by atoms with Crippen molar-refractivity contribution in [2.24, 2.45) is 0 Å². The van der Waals surface area contributed by atoms with Crippen molar-refractivity contribution in [1.29, 1.82) is 0 Å². The molecular formula is C24H14O4S2. The average Bonchev–Trinajstić information content (AvgIpc) is 3.43. The molecule has 0 fully saturated rings. The van der Waals surface area contributed by atoms with Crippen LogP contribution in [-0.4, -0.2) is 23.1 Å². The number of aryl methyl sites for hydroxylation is 2. The van der Waals surface area contributed by atoms with Crippen molar-refractivity contribution in [1.82, 2.24) is 0 Å². The van der Waals surface area contributed by atoms with E-state index in [1.54, 1.807) is 12.2 Å². The minimum absolute atomic E-state index is 0.0697. The Labute approximate surface area is 180 Å². The predicted octanol–water partition coefficient (Wildman–Crippen LogP) is 5.35. The molecule has 30 heavy (non-hydrogen) atoms. The SMILES string of the molecule is Cc1ccc(C=C2C(=O)c3cc4c(cc3C2=O)C(=O)C(=Cc2ccc(C)s2)C4=O)s1. The lowest BCUT2D eigenvalue weighted by Crippen LogP contribution is -2.01. The molecular weight excluding hydrogens is 416 g/mol. The second kappa shape index (κ2) is 6.65. The second-order valence-corrected chi connectivity index (χ2v) is 9.91. The minimum atomic E-state index is -0.407. The number of hydrogen-bond donors (Lipinski definition) is 0. The lowest BCUT2D eigenvalue weighted by molar-refractivity contribution is 0.0978. The maximum atomic E-state index is 12.9. The molecule has 4 nitrogen and oxygen atoms in total. The van der Waals surface area contributed by atoms with E-state index in [1.165, 1.54) is 34.8 Å². The van der Waals surface area contributed by atoms with Gasteiger partial charge in [0.2, 0.25) is 0 Å². The van der Waals surface area contributed by atoms with Crippen molar-refractivity contribution < 1.29 is 19.2 Å². The summed E-state index contributed by atoms with van der Waals surface area (Å²) in [5.41, 5.74) is 0.890. The molecule has 5 rings (SSSR count). The van der Waals surface area contributed by atoms with Gasteiger partial charge >= 0.3 is 0 Å². The lowest BCUT2D eigenvalue weighted by Gasteiger charge is -1.99. The van der Waals surface area contributed by atoms with Gasteiger partial charge < -0.3 is 0 Å². The van der Waals surface area contributed by atoms with E-state index in [1.807, 2.05) is 38.1 Å². The van der Waals surface area contributed by atoms with Crippen LogP contribution in [0.5, 0.6) is 0 Å². The van der Waals surface area contributed by atoms with Gasteiger partial charge in [-0.25, -0.2) is 0 Å². The first kappa shape index (κ1) is 18.8. The highest BCUT2D eigenvalue weighted by atomic mass is 32.1. The Morgan fingerprint density at radius 2 is 0.900 bits per heavy atom. The number of thiophene rings is 2. The van der Waals surface area contributed by atoms with Gasteiger partial charge in [-0.05, 0) is 62.4 Å². The zero-order valence-electron chi connectivity index (χ0n) is 16.1. The van der Waals surface area contributed by atoms with Crippen molar-refractivity contribution in [2.45, 2.75) is 13.8 Å². The number of ketones is 4. The average molecular weight is 431 g/mol. The molecule has 146 valence electrons. The predicted molar refractivity (Wildman–Crippen MR) is 118 cm³/mol. The van der Waals surface area contributed by atoms with Gasteiger partial charge in [0.25, 0.3) is 0 Å². The van der Waals surface area contributed by atoms with Gasteiger partial charge in [-0.2, -0.15) is 0 Å². The van der Waals surface area contributed by atoms with Crippen LogP contribution in [0.4, 0.5) is 0 Å². The van der Waals surface area contributed by atoms with E-state index in [0.717, 1.165) is 19.5 Å². The number of carbonyl (C=O) groups excluding carboxylic acids is 4. The maximum Gasteiger partial charge on any atom is 0.197 e. The molecule has 0 N–H and O–H groups in total. The first-order valence-corrected chi connectivity index (χ1v) is 10.9. The molecule has 0 radical (unpaired) electrons. The number of hydrogen-bond acceptors (Lipinski definition) is 6. The molecule has 1 aromatic carbocycles. The van der Waals surface area contributed by atoms with Crippen molar-refractivity contribution in [3.05, 3.63) is 89.3 Å². The number of allylic oxidation sites excluding steroid dienone is 2. The van der Waals surface area contributed by atoms with Gasteiger partial charge in [-0.1, -0.05) is 0 Å². The van der Waals surface area contributed by atoms with Crippen LogP contribution in [-0.2, 0) is 0 Å². The topological polar surface area (TPSA) is 68.3 Å². The fraction of sp³-hybridized carbons (Fsp3) is 0.0833. The minimum Gasteiger partial charge on any atom is -0.288 e. The molecule has 2 heterocycles. The maximum absolute atomic E-state index is 12.9. The zero-order chi connectivity index (χ0) is 21.2. The lowest BCUT2D eigenvalue weighted by atomic mass is 10.0. The van der Waals surface area contributed by atoms with Crippen LogP contribution in [0.25, 0.3) is 12.2 Å². The van der Waals surface area contributed by atoms with E-state index < -0.39 is 23.1 Å². The summed E-state index contributed by atoms with van der Waals surface area (Å²) < 4.78 is 0. The summed E-state index contributed by atoms with van der Waals surface area (Å²) in [5, 5.41) is 0. The monoisotopic (exact) mass is 430 g/mol. The standard InChI is InChI=1S/C24H14O4S2/c1-11-3-5-13(29-11)7-19-21(25)15-9-17-18(10-16(15)22(19)26)24(28)20(23(17)27)8-14-6-4-12(2)30-14/h3-10H,1-2H3. The molecule has 0 spiro atoms. The molecule has 0 bridgehead atoms. The quantitative estimate of drug-likeness (QED) is 0.406. The van der Waals surface area contributed by atoms with Crippen LogP contribution < -0.4 is 0 Å². The summed E-state index contributed by atoms with van der Waals surface area (Å²) in [6.45, 7) is 3.90. The molecule has 3 aromatic rings. The molecule has 0 atom stereocenters. The van der Waals surface area contributed by atoms with Crippen molar-refractivity contribution in [3.8, 4) is 0 Å². The first-order valence-electron chi connectivity index (χ1n) is 9.26. The van der Waals surface area contributed by atoms with Gasteiger partial charge in [0.05, 0.1) is 11.1 Å². The third-order valence-corrected chi connectivity index (χ3v) is 7.11. The Balaban J connectivity index is 1.58.